The van der Waals surface area contributed by atoms with Crippen molar-refractivity contribution in [2.24, 2.45) is 23.0 Å². The smallest absolute Gasteiger partial charge is 0.223 e. The van der Waals surface area contributed by atoms with Gasteiger partial charge in [-0.1, -0.05) is 51.5 Å². The maximum Gasteiger partial charge on any atom is 0.223 e. The molecule has 1 atom stereocenters. The van der Waals surface area contributed by atoms with E-state index in [9.17, 15) is 4.79 Å². The number of carbonyl (C=O) groups excluding carboxylic acids is 1. The van der Waals surface area contributed by atoms with Gasteiger partial charge in [-0.05, 0) is 38.1 Å². The predicted molar refractivity (Wildman–Crippen MR) is 105 cm³/mol. The van der Waals surface area contributed by atoms with E-state index in [-0.39, 0.29) is 17.2 Å². The molecule has 4 heteroatoms. The Morgan fingerprint density at radius 2 is 1.84 bits per heavy atom. The molecule has 142 valence electrons. The lowest BCUT2D eigenvalue weighted by molar-refractivity contribution is -0.125. The maximum atomic E-state index is 12.3. The van der Waals surface area contributed by atoms with Crippen LogP contribution in [0.5, 0.6) is 0 Å². The second-order valence-corrected chi connectivity index (χ2v) is 8.23. The summed E-state index contributed by atoms with van der Waals surface area (Å²) in [5, 5.41) is 3.27. The van der Waals surface area contributed by atoms with Gasteiger partial charge in [0.05, 0.1) is 0 Å². The van der Waals surface area contributed by atoms with Crippen LogP contribution in [0.2, 0.25) is 0 Å². The number of hydrogen-bond acceptors (Lipinski definition) is 3. The SMILES string of the molecule is CC(CCCCN)C(=O)NC1CCN(CC2(C(C)C)C=CC=C2)CC1. The highest BCUT2D eigenvalue weighted by Gasteiger charge is 2.33. The third-order valence-electron chi connectivity index (χ3n) is 5.97. The van der Waals surface area contributed by atoms with Gasteiger partial charge in [-0.2, -0.15) is 0 Å². The lowest BCUT2D eigenvalue weighted by atomic mass is 9.78. The third kappa shape index (κ3) is 5.68. The van der Waals surface area contributed by atoms with Crippen LogP contribution in [-0.4, -0.2) is 43.0 Å². The monoisotopic (exact) mass is 347 g/mol. The summed E-state index contributed by atoms with van der Waals surface area (Å²) in [5.74, 6) is 0.924. The molecule has 1 fully saturated rings. The van der Waals surface area contributed by atoms with Gasteiger partial charge in [0.25, 0.3) is 0 Å². The largest absolute Gasteiger partial charge is 0.353 e. The zero-order chi connectivity index (χ0) is 18.3. The van der Waals surface area contributed by atoms with E-state index in [4.69, 9.17) is 5.73 Å². The first-order valence-electron chi connectivity index (χ1n) is 10.1. The molecule has 1 unspecified atom stereocenters. The minimum absolute atomic E-state index is 0.0996. The number of nitrogens with zero attached hydrogens (tertiary/aromatic N) is 1. The molecule has 0 spiro atoms. The molecule has 0 aromatic rings. The Labute approximate surface area is 153 Å². The molecule has 0 saturated carbocycles. The normalized spacial score (nSPS) is 21.8. The second kappa shape index (κ2) is 9.54. The molecule has 1 heterocycles. The van der Waals surface area contributed by atoms with E-state index in [0.29, 0.717) is 12.0 Å². The highest BCUT2D eigenvalue weighted by atomic mass is 16.1. The van der Waals surface area contributed by atoms with Gasteiger partial charge in [0.1, 0.15) is 0 Å². The highest BCUT2D eigenvalue weighted by molar-refractivity contribution is 5.78. The van der Waals surface area contributed by atoms with Crippen molar-refractivity contribution in [3.05, 3.63) is 24.3 Å². The van der Waals surface area contributed by atoms with E-state index in [2.05, 4.69) is 48.4 Å². The zero-order valence-corrected chi connectivity index (χ0v) is 16.3. The molecule has 0 aromatic carbocycles. The van der Waals surface area contributed by atoms with Crippen molar-refractivity contribution >= 4 is 5.91 Å². The fraction of sp³-hybridized carbons (Fsp3) is 0.762. The summed E-state index contributed by atoms with van der Waals surface area (Å²) >= 11 is 0. The van der Waals surface area contributed by atoms with Gasteiger partial charge in [0.2, 0.25) is 5.91 Å². The Bertz CT molecular complexity index is 464. The third-order valence-corrected chi connectivity index (χ3v) is 5.97. The van der Waals surface area contributed by atoms with Crippen LogP contribution >= 0.6 is 0 Å². The second-order valence-electron chi connectivity index (χ2n) is 8.23. The van der Waals surface area contributed by atoms with Gasteiger partial charge >= 0.3 is 0 Å². The molecular formula is C21H37N3O. The first-order chi connectivity index (χ1) is 12.0. The maximum absolute atomic E-state index is 12.3. The molecule has 1 aliphatic carbocycles. The minimum Gasteiger partial charge on any atom is -0.353 e. The predicted octanol–water partition coefficient (Wildman–Crippen LogP) is 3.10. The van der Waals surface area contributed by atoms with Crippen LogP contribution < -0.4 is 11.1 Å². The van der Waals surface area contributed by atoms with Crippen molar-refractivity contribution in [1.82, 2.24) is 10.2 Å². The Hall–Kier alpha value is -1.13. The number of likely N-dealkylation sites (tertiary alicyclic amines) is 1. The van der Waals surface area contributed by atoms with Crippen molar-refractivity contribution in [2.45, 2.75) is 58.9 Å². The van der Waals surface area contributed by atoms with Gasteiger partial charge in [-0.25, -0.2) is 0 Å². The first-order valence-corrected chi connectivity index (χ1v) is 10.1. The number of unbranched alkanes of at least 4 members (excludes halogenated alkanes) is 1. The average Bonchev–Trinajstić information content (AvgIpc) is 3.06. The molecule has 1 saturated heterocycles. The lowest BCUT2D eigenvalue weighted by Gasteiger charge is -2.39. The molecular weight excluding hydrogens is 310 g/mol. The number of allylic oxidation sites excluding steroid dienone is 2. The molecule has 1 amide bonds. The van der Waals surface area contributed by atoms with Gasteiger partial charge in [0, 0.05) is 37.0 Å². The number of piperidine rings is 1. The lowest BCUT2D eigenvalue weighted by Crippen LogP contribution is -2.48. The van der Waals surface area contributed by atoms with E-state index >= 15 is 0 Å². The molecule has 4 nitrogen and oxygen atoms in total. The summed E-state index contributed by atoms with van der Waals surface area (Å²) in [6.45, 7) is 10.6. The van der Waals surface area contributed by atoms with Crippen molar-refractivity contribution in [3.63, 3.8) is 0 Å². The average molecular weight is 348 g/mol. The number of carbonyl (C=O) groups is 1. The van der Waals surface area contributed by atoms with Crippen LogP contribution in [0.1, 0.15) is 52.9 Å². The van der Waals surface area contributed by atoms with Crippen LogP contribution in [0.3, 0.4) is 0 Å². The first kappa shape index (κ1) is 20.2. The van der Waals surface area contributed by atoms with Crippen LogP contribution in [0.4, 0.5) is 0 Å². The van der Waals surface area contributed by atoms with Gasteiger partial charge in [0.15, 0.2) is 0 Å². The number of nitrogens with one attached hydrogen (secondary N) is 1. The van der Waals surface area contributed by atoms with Crippen LogP contribution in [0, 0.1) is 17.3 Å². The zero-order valence-electron chi connectivity index (χ0n) is 16.3. The summed E-state index contributed by atoms with van der Waals surface area (Å²) in [6, 6.07) is 0.338. The Morgan fingerprint density at radius 3 is 2.40 bits per heavy atom. The standard InChI is InChI=1S/C21H37N3O/c1-17(2)21(11-5-6-12-21)16-24-14-9-19(10-15-24)23-20(25)18(3)8-4-7-13-22/h5-6,11-12,17-19H,4,7-10,13-16,22H2,1-3H3,(H,23,25). The van der Waals surface area contributed by atoms with Crippen LogP contribution in [0.25, 0.3) is 0 Å². The minimum atomic E-state index is 0.0996. The highest BCUT2D eigenvalue weighted by Crippen LogP contribution is 2.36. The van der Waals surface area contributed by atoms with Crippen LogP contribution in [-0.2, 0) is 4.79 Å². The molecule has 3 N–H and O–H groups in total. The van der Waals surface area contributed by atoms with Crippen molar-refractivity contribution in [3.8, 4) is 0 Å². The van der Waals surface area contributed by atoms with E-state index in [1.165, 1.54) is 0 Å². The number of rotatable bonds is 9. The molecule has 2 aliphatic rings. The fourth-order valence-corrected chi connectivity index (χ4v) is 3.89. The molecule has 0 radical (unpaired) electrons. The topological polar surface area (TPSA) is 58.4 Å². The summed E-state index contributed by atoms with van der Waals surface area (Å²) in [7, 11) is 0. The van der Waals surface area contributed by atoms with E-state index in [1.54, 1.807) is 0 Å². The van der Waals surface area contributed by atoms with Crippen LogP contribution in [0.15, 0.2) is 24.3 Å². The Kier molecular flexibility index (Phi) is 7.70. The van der Waals surface area contributed by atoms with Crippen molar-refractivity contribution in [2.75, 3.05) is 26.2 Å². The summed E-state index contributed by atoms with van der Waals surface area (Å²) in [5.41, 5.74) is 5.71. The van der Waals surface area contributed by atoms with E-state index < -0.39 is 0 Å². The fourth-order valence-electron chi connectivity index (χ4n) is 3.89. The molecule has 25 heavy (non-hydrogen) atoms. The van der Waals surface area contributed by atoms with Crippen molar-refractivity contribution < 1.29 is 4.79 Å². The Balaban J connectivity index is 1.73. The van der Waals surface area contributed by atoms with Gasteiger partial charge < -0.3 is 16.0 Å². The quantitative estimate of drug-likeness (QED) is 0.630. The Morgan fingerprint density at radius 1 is 1.20 bits per heavy atom. The molecule has 0 bridgehead atoms. The number of amides is 1. The molecule has 0 aromatic heterocycles. The van der Waals surface area contributed by atoms with Gasteiger partial charge in [-0.15, -0.1) is 0 Å². The summed E-state index contributed by atoms with van der Waals surface area (Å²) in [6.07, 6.45) is 14.2. The van der Waals surface area contributed by atoms with Gasteiger partial charge in [-0.3, -0.25) is 4.79 Å². The molecule has 1 aliphatic heterocycles. The van der Waals surface area contributed by atoms with Crippen molar-refractivity contribution in [1.29, 1.82) is 0 Å². The summed E-state index contributed by atoms with van der Waals surface area (Å²) < 4.78 is 0. The summed E-state index contributed by atoms with van der Waals surface area (Å²) in [4.78, 5) is 14.9. The van der Waals surface area contributed by atoms with E-state index in [0.717, 1.165) is 58.3 Å². The number of nitrogens with two attached hydrogens (primary N) is 1. The molecule has 2 rings (SSSR count). The number of hydrogen-bond donors (Lipinski definition) is 2. The van der Waals surface area contributed by atoms with E-state index in [1.807, 2.05) is 6.92 Å².